The van der Waals surface area contributed by atoms with Gasteiger partial charge < -0.3 is 0 Å². The average Bonchev–Trinajstić information content (AvgIpc) is 1.61. The summed E-state index contributed by atoms with van der Waals surface area (Å²) in [5, 5.41) is 1.88. The second-order valence-corrected chi connectivity index (χ2v) is 2.12. The minimum absolute atomic E-state index is 1.88. The van der Waals surface area contributed by atoms with Crippen LogP contribution in [0.1, 0.15) is 0 Å². The quantitative estimate of drug-likeness (QED) is 0.224. The molecular formula is C5H14N3+. The van der Waals surface area contributed by atoms with Crippen molar-refractivity contribution in [3.8, 4) is 0 Å². The van der Waals surface area contributed by atoms with Gasteiger partial charge in [-0.1, -0.05) is 0 Å². The van der Waals surface area contributed by atoms with Crippen LogP contribution in [0.4, 0.5) is 0 Å². The van der Waals surface area contributed by atoms with E-state index >= 15 is 0 Å². The molecule has 0 saturated heterocycles. The molecule has 0 aromatic carbocycles. The summed E-state index contributed by atoms with van der Waals surface area (Å²) in [5.74, 6) is 0. The van der Waals surface area contributed by atoms with Crippen LogP contribution in [0.5, 0.6) is 0 Å². The predicted molar refractivity (Wildman–Crippen MR) is 35.0 cm³/mol. The first-order valence-corrected chi connectivity index (χ1v) is 2.56. The van der Waals surface area contributed by atoms with Crippen molar-refractivity contribution in [3.05, 3.63) is 0 Å². The Morgan fingerprint density at radius 3 is 2.00 bits per heavy atom. The van der Waals surface area contributed by atoms with Gasteiger partial charge in [0, 0.05) is 14.1 Å². The zero-order chi connectivity index (χ0) is 6.57. The molecule has 0 unspecified atom stereocenters. The summed E-state index contributed by atoms with van der Waals surface area (Å²) in [6, 6.07) is 0. The maximum Gasteiger partial charge on any atom is 0.249 e. The number of hydrogen-bond acceptors (Lipinski definition) is 1. The van der Waals surface area contributed by atoms with E-state index in [0.717, 1.165) is 0 Å². The van der Waals surface area contributed by atoms with Gasteiger partial charge in [0.25, 0.3) is 0 Å². The van der Waals surface area contributed by atoms with Gasteiger partial charge in [-0.2, -0.15) is 5.01 Å². The first-order valence-electron chi connectivity index (χ1n) is 2.56. The van der Waals surface area contributed by atoms with Crippen LogP contribution in [0, 0.1) is 0 Å². The Morgan fingerprint density at radius 1 is 1.38 bits per heavy atom. The Kier molecular flexibility index (Phi) is 3.19. The minimum Gasteiger partial charge on any atom is -0.272 e. The molecule has 0 atom stereocenters. The van der Waals surface area contributed by atoms with Gasteiger partial charge in [0.15, 0.2) is 0 Å². The molecule has 0 amide bonds. The first kappa shape index (κ1) is 7.43. The highest BCUT2D eigenvalue weighted by Crippen LogP contribution is 1.55. The van der Waals surface area contributed by atoms with Crippen LogP contribution in [0.3, 0.4) is 0 Å². The lowest BCUT2D eigenvalue weighted by molar-refractivity contribution is -0.462. The highest BCUT2D eigenvalue weighted by molar-refractivity contribution is 5.46. The Hall–Kier alpha value is -0.570. The molecule has 48 valence electrons. The maximum atomic E-state index is 2.98. The van der Waals surface area contributed by atoms with E-state index in [4.69, 9.17) is 0 Å². The lowest BCUT2D eigenvalue weighted by atomic mass is 11.0. The third-order valence-electron chi connectivity index (χ3n) is 0.574. The zero-order valence-electron chi connectivity index (χ0n) is 5.97. The summed E-state index contributed by atoms with van der Waals surface area (Å²) in [6.45, 7) is 0. The van der Waals surface area contributed by atoms with Crippen molar-refractivity contribution in [2.45, 2.75) is 0 Å². The molecule has 0 aliphatic carbocycles. The molecular weight excluding hydrogens is 102 g/mol. The fraction of sp³-hybridized carbons (Fsp3) is 0.800. The molecule has 3 nitrogen and oxygen atoms in total. The van der Waals surface area contributed by atoms with Crippen LogP contribution >= 0.6 is 0 Å². The molecule has 3 heteroatoms. The minimum atomic E-state index is 1.88. The smallest absolute Gasteiger partial charge is 0.249 e. The zero-order valence-corrected chi connectivity index (χ0v) is 5.97. The van der Waals surface area contributed by atoms with Crippen LogP contribution in [-0.4, -0.2) is 44.1 Å². The van der Waals surface area contributed by atoms with E-state index in [0.29, 0.717) is 0 Å². The molecule has 0 saturated carbocycles. The highest BCUT2D eigenvalue weighted by atomic mass is 15.5. The van der Waals surface area contributed by atoms with Crippen molar-refractivity contribution in [3.63, 3.8) is 0 Å². The number of hydrogen-bond donors (Lipinski definition) is 1. The first-order chi connectivity index (χ1) is 3.63. The topological polar surface area (TPSA) is 18.3 Å². The molecule has 8 heavy (non-hydrogen) atoms. The second kappa shape index (κ2) is 3.43. The fourth-order valence-electron chi connectivity index (χ4n) is 0.231. The van der Waals surface area contributed by atoms with Crippen LogP contribution in [-0.2, 0) is 0 Å². The summed E-state index contributed by atoms with van der Waals surface area (Å²) in [6.07, 6.45) is 1.88. The second-order valence-electron chi connectivity index (χ2n) is 2.12. The largest absolute Gasteiger partial charge is 0.272 e. The van der Waals surface area contributed by atoms with Gasteiger partial charge in [0.1, 0.15) is 0 Å². The molecule has 0 aliphatic heterocycles. The molecule has 0 radical (unpaired) electrons. The van der Waals surface area contributed by atoms with Crippen LogP contribution in [0.25, 0.3) is 0 Å². The normalized spacial score (nSPS) is 9.12. The Morgan fingerprint density at radius 2 is 1.88 bits per heavy atom. The van der Waals surface area contributed by atoms with Crippen LogP contribution in [0.15, 0.2) is 0 Å². The van der Waals surface area contributed by atoms with Gasteiger partial charge in [0.05, 0.1) is 14.1 Å². The van der Waals surface area contributed by atoms with Crippen LogP contribution in [0.2, 0.25) is 0 Å². The van der Waals surface area contributed by atoms with Crippen molar-refractivity contribution in [2.24, 2.45) is 0 Å². The third kappa shape index (κ3) is 5.43. The highest BCUT2D eigenvalue weighted by Gasteiger charge is 1.84. The van der Waals surface area contributed by atoms with Gasteiger partial charge in [-0.25, -0.2) is 5.43 Å². The molecule has 0 aromatic heterocycles. The maximum absolute atomic E-state index is 2.98. The molecule has 0 aromatic rings. The molecule has 0 fully saturated rings. The Bertz CT molecular complexity index is 81.7. The number of nitrogens with one attached hydrogen (secondary N) is 1. The predicted octanol–water partition coefficient (Wildman–Crippen LogP) is -0.647. The van der Waals surface area contributed by atoms with Gasteiger partial charge >= 0.3 is 0 Å². The van der Waals surface area contributed by atoms with E-state index in [1.165, 1.54) is 0 Å². The van der Waals surface area contributed by atoms with E-state index in [1.54, 1.807) is 0 Å². The van der Waals surface area contributed by atoms with E-state index in [2.05, 4.69) is 5.43 Å². The Labute approximate surface area is 50.6 Å². The average molecular weight is 116 g/mol. The van der Waals surface area contributed by atoms with Gasteiger partial charge in [-0.3, -0.25) is 4.58 Å². The van der Waals surface area contributed by atoms with E-state index in [9.17, 15) is 0 Å². The molecule has 0 bridgehead atoms. The third-order valence-corrected chi connectivity index (χ3v) is 0.574. The lowest BCUT2D eigenvalue weighted by Crippen LogP contribution is -2.31. The fourth-order valence-corrected chi connectivity index (χ4v) is 0.231. The van der Waals surface area contributed by atoms with Gasteiger partial charge in [0.2, 0.25) is 6.34 Å². The molecule has 0 heterocycles. The monoisotopic (exact) mass is 116 g/mol. The van der Waals surface area contributed by atoms with Crippen LogP contribution < -0.4 is 5.43 Å². The lowest BCUT2D eigenvalue weighted by Gasteiger charge is -2.00. The molecule has 0 rings (SSSR count). The number of hydrazine groups is 1. The van der Waals surface area contributed by atoms with E-state index in [-0.39, 0.29) is 0 Å². The summed E-state index contributed by atoms with van der Waals surface area (Å²) in [7, 11) is 7.83. The van der Waals surface area contributed by atoms with Gasteiger partial charge in [-0.15, -0.1) is 0 Å². The Balaban J connectivity index is 3.29. The molecule has 0 aliphatic rings. The van der Waals surface area contributed by atoms with Crippen molar-refractivity contribution >= 4 is 6.34 Å². The van der Waals surface area contributed by atoms with Gasteiger partial charge in [-0.05, 0) is 0 Å². The number of nitrogens with zero attached hydrogens (tertiary/aromatic N) is 2. The summed E-state index contributed by atoms with van der Waals surface area (Å²) in [4.78, 5) is 0. The molecule has 1 N–H and O–H groups in total. The van der Waals surface area contributed by atoms with Crippen molar-refractivity contribution in [1.29, 1.82) is 0 Å². The summed E-state index contributed by atoms with van der Waals surface area (Å²) in [5.41, 5.74) is 2.98. The van der Waals surface area contributed by atoms with E-state index < -0.39 is 0 Å². The molecule has 0 spiro atoms. The summed E-state index contributed by atoms with van der Waals surface area (Å²) < 4.78 is 1.94. The van der Waals surface area contributed by atoms with Crippen molar-refractivity contribution in [2.75, 3.05) is 28.2 Å². The van der Waals surface area contributed by atoms with E-state index in [1.807, 2.05) is 44.1 Å². The summed E-state index contributed by atoms with van der Waals surface area (Å²) >= 11 is 0. The number of rotatable bonds is 2. The van der Waals surface area contributed by atoms with Crippen molar-refractivity contribution < 1.29 is 4.58 Å². The van der Waals surface area contributed by atoms with Crippen molar-refractivity contribution in [1.82, 2.24) is 10.4 Å². The standard InChI is InChI=1S/C5H13N3/c1-7(2)5-6-8(3)4/h5H,1-4H3/p+1. The SMILES string of the molecule is CN(C)NC=[N+](C)C.